The first-order valence-electron chi connectivity index (χ1n) is 13.8. The Kier molecular flexibility index (Phi) is 11.3. The predicted molar refractivity (Wildman–Crippen MR) is 157 cm³/mol. The van der Waals surface area contributed by atoms with Gasteiger partial charge >= 0.3 is 6.09 Å². The van der Waals surface area contributed by atoms with Gasteiger partial charge in [0, 0.05) is 38.7 Å². The highest BCUT2D eigenvalue weighted by Gasteiger charge is 2.41. The summed E-state index contributed by atoms with van der Waals surface area (Å²) in [5.74, 6) is 7.09. The number of nitrogens with zero attached hydrogens (tertiary/aromatic N) is 4. The lowest BCUT2D eigenvalue weighted by Gasteiger charge is -2.27. The van der Waals surface area contributed by atoms with Crippen molar-refractivity contribution in [1.29, 1.82) is 5.26 Å². The molecule has 0 aliphatic carbocycles. The van der Waals surface area contributed by atoms with E-state index in [0.717, 1.165) is 18.7 Å². The Labute approximate surface area is 242 Å². The maximum Gasteiger partial charge on any atom is 0.411 e. The molecule has 1 saturated heterocycles. The molecule has 1 aromatic heterocycles. The number of aromatic nitrogens is 2. The van der Waals surface area contributed by atoms with Gasteiger partial charge in [-0.1, -0.05) is 18.8 Å². The van der Waals surface area contributed by atoms with Crippen LogP contribution in [-0.2, 0) is 14.3 Å². The highest BCUT2D eigenvalue weighted by Crippen LogP contribution is 2.23. The summed E-state index contributed by atoms with van der Waals surface area (Å²) in [4.78, 5) is 35.9. The summed E-state index contributed by atoms with van der Waals surface area (Å²) < 4.78 is 10.9. The zero-order chi connectivity index (χ0) is 29.8. The quantitative estimate of drug-likeness (QED) is 0.288. The van der Waals surface area contributed by atoms with Gasteiger partial charge in [0.2, 0.25) is 11.9 Å². The number of benzene rings is 1. The predicted octanol–water partition coefficient (Wildman–Crippen LogP) is 4.19. The third-order valence-electron chi connectivity index (χ3n) is 6.13. The van der Waals surface area contributed by atoms with E-state index in [2.05, 4.69) is 50.8 Å². The molecule has 0 spiro atoms. The molecule has 2 heterocycles. The van der Waals surface area contributed by atoms with Gasteiger partial charge in [-0.3, -0.25) is 9.69 Å². The molecule has 1 aliphatic rings. The fourth-order valence-corrected chi connectivity index (χ4v) is 4.07. The van der Waals surface area contributed by atoms with Crippen LogP contribution in [0.2, 0.25) is 0 Å². The van der Waals surface area contributed by atoms with Crippen LogP contribution in [0.25, 0.3) is 0 Å². The second-order valence-corrected chi connectivity index (χ2v) is 10.6. The number of hydrogen-bond acceptors (Lipinski definition) is 9. The number of hydrogen-bond donors (Lipinski definition) is 3. The van der Waals surface area contributed by atoms with E-state index in [9.17, 15) is 9.59 Å². The zero-order valence-corrected chi connectivity index (χ0v) is 24.4. The standard InChI is InChI=1S/C30H39N7O4/c1-6-15-32-26-22(19-34-28(36-26)35-23-13-11-21(18-31)12-14-23)10-8-7-9-16-33-27(38)25-17-24(40-5)20-37(25)29(39)41-30(2,3)4/h11-14,19,24-25H,6-7,9,15-17,20H2,1-5H3,(H,33,38)(H2,32,34,35,36)/t24-,25-/m0/s1. The van der Waals surface area contributed by atoms with Crippen molar-refractivity contribution < 1.29 is 19.1 Å². The number of nitrogens with one attached hydrogen (secondary N) is 3. The van der Waals surface area contributed by atoms with E-state index in [-0.39, 0.29) is 12.0 Å². The van der Waals surface area contributed by atoms with E-state index in [1.54, 1.807) is 58.3 Å². The van der Waals surface area contributed by atoms with Gasteiger partial charge in [0.15, 0.2) is 0 Å². The van der Waals surface area contributed by atoms with Crippen molar-refractivity contribution in [3.63, 3.8) is 0 Å². The van der Waals surface area contributed by atoms with Crippen LogP contribution in [0, 0.1) is 23.2 Å². The molecule has 1 fully saturated rings. The lowest BCUT2D eigenvalue weighted by molar-refractivity contribution is -0.125. The molecule has 1 aromatic carbocycles. The fraction of sp³-hybridized carbons (Fsp3) is 0.500. The second kappa shape index (κ2) is 14.9. The number of ether oxygens (including phenoxy) is 2. The molecule has 3 rings (SSSR count). The van der Waals surface area contributed by atoms with Crippen molar-refractivity contribution in [2.24, 2.45) is 0 Å². The lowest BCUT2D eigenvalue weighted by Crippen LogP contribution is -2.47. The van der Waals surface area contributed by atoms with Crippen molar-refractivity contribution >= 4 is 29.5 Å². The van der Waals surface area contributed by atoms with Gasteiger partial charge in [-0.2, -0.15) is 10.2 Å². The van der Waals surface area contributed by atoms with Crippen molar-refractivity contribution in [3.05, 3.63) is 41.6 Å². The van der Waals surface area contributed by atoms with Gasteiger partial charge in [0.25, 0.3) is 0 Å². The van der Waals surface area contributed by atoms with Crippen molar-refractivity contribution in [2.75, 3.05) is 37.4 Å². The van der Waals surface area contributed by atoms with Crippen LogP contribution in [-0.4, -0.2) is 71.4 Å². The van der Waals surface area contributed by atoms with Gasteiger partial charge in [0.05, 0.1) is 36.0 Å². The van der Waals surface area contributed by atoms with Gasteiger partial charge < -0.3 is 25.4 Å². The Balaban J connectivity index is 1.54. The van der Waals surface area contributed by atoms with E-state index in [4.69, 9.17) is 14.7 Å². The number of rotatable bonds is 10. The largest absolute Gasteiger partial charge is 0.444 e. The molecule has 0 saturated carbocycles. The number of likely N-dealkylation sites (tertiary alicyclic amines) is 1. The number of nitriles is 1. The van der Waals surface area contributed by atoms with Crippen molar-refractivity contribution in [2.45, 2.75) is 71.1 Å². The molecule has 2 amide bonds. The van der Waals surface area contributed by atoms with Gasteiger partial charge in [-0.05, 0) is 57.9 Å². The number of carbonyl (C=O) groups is 2. The Morgan fingerprint density at radius 3 is 2.61 bits per heavy atom. The monoisotopic (exact) mass is 561 g/mol. The summed E-state index contributed by atoms with van der Waals surface area (Å²) in [5.41, 5.74) is 1.38. The Morgan fingerprint density at radius 2 is 1.95 bits per heavy atom. The van der Waals surface area contributed by atoms with E-state index >= 15 is 0 Å². The van der Waals surface area contributed by atoms with Crippen LogP contribution in [0.4, 0.5) is 22.2 Å². The van der Waals surface area contributed by atoms with Gasteiger partial charge in [-0.15, -0.1) is 0 Å². The van der Waals surface area contributed by atoms with E-state index in [1.165, 1.54) is 4.90 Å². The number of unbranched alkanes of at least 4 members (excludes halogenated alkanes) is 1. The first-order valence-corrected chi connectivity index (χ1v) is 13.8. The van der Waals surface area contributed by atoms with Gasteiger partial charge in [-0.25, -0.2) is 9.78 Å². The van der Waals surface area contributed by atoms with Crippen LogP contribution in [0.5, 0.6) is 0 Å². The average molecular weight is 562 g/mol. The maximum absolute atomic E-state index is 12.9. The van der Waals surface area contributed by atoms with Crippen molar-refractivity contribution in [1.82, 2.24) is 20.2 Å². The molecule has 41 heavy (non-hydrogen) atoms. The maximum atomic E-state index is 12.9. The molecule has 0 bridgehead atoms. The highest BCUT2D eigenvalue weighted by atomic mass is 16.6. The van der Waals surface area contributed by atoms with E-state index in [0.29, 0.717) is 55.2 Å². The molecule has 1 aliphatic heterocycles. The molecule has 11 nitrogen and oxygen atoms in total. The normalized spacial score (nSPS) is 16.2. The molecule has 0 radical (unpaired) electrons. The minimum absolute atomic E-state index is 0.215. The number of anilines is 3. The Bertz CT molecular complexity index is 1290. The van der Waals surface area contributed by atoms with Crippen LogP contribution >= 0.6 is 0 Å². The molecule has 0 unspecified atom stereocenters. The van der Waals surface area contributed by atoms with Crippen LogP contribution in [0.15, 0.2) is 30.5 Å². The smallest absolute Gasteiger partial charge is 0.411 e. The number of methoxy groups -OCH3 is 1. The summed E-state index contributed by atoms with van der Waals surface area (Å²) in [5, 5.41) is 18.3. The lowest BCUT2D eigenvalue weighted by atomic mass is 10.2. The second-order valence-electron chi connectivity index (χ2n) is 10.6. The van der Waals surface area contributed by atoms with Crippen molar-refractivity contribution in [3.8, 4) is 17.9 Å². The first kappa shape index (κ1) is 31.2. The zero-order valence-electron chi connectivity index (χ0n) is 24.4. The summed E-state index contributed by atoms with van der Waals surface area (Å²) in [6.07, 6.45) is 3.48. The Morgan fingerprint density at radius 1 is 1.20 bits per heavy atom. The minimum atomic E-state index is -0.652. The fourth-order valence-electron chi connectivity index (χ4n) is 4.07. The molecule has 3 N–H and O–H groups in total. The Hall–Kier alpha value is -4.35. The number of carbonyl (C=O) groups excluding carboxylic acids is 2. The summed E-state index contributed by atoms with van der Waals surface area (Å²) in [6, 6.07) is 8.50. The SMILES string of the molecule is CCCNc1nc(Nc2ccc(C#N)cc2)ncc1C#CCCCNC(=O)[C@@H]1C[C@H](OC)CN1C(=O)OC(C)(C)C. The molecule has 11 heteroatoms. The highest BCUT2D eigenvalue weighted by molar-refractivity contribution is 5.86. The molecular weight excluding hydrogens is 522 g/mol. The molecular formula is C30H39N7O4. The van der Waals surface area contributed by atoms with Crippen LogP contribution in [0.3, 0.4) is 0 Å². The third-order valence-corrected chi connectivity index (χ3v) is 6.13. The summed E-state index contributed by atoms with van der Waals surface area (Å²) in [7, 11) is 1.57. The number of amides is 2. The van der Waals surface area contributed by atoms with E-state index in [1.807, 2.05) is 0 Å². The molecule has 2 atom stereocenters. The molecule has 2 aromatic rings. The minimum Gasteiger partial charge on any atom is -0.444 e. The van der Waals surface area contributed by atoms with Gasteiger partial charge in [0.1, 0.15) is 17.5 Å². The van der Waals surface area contributed by atoms with Crippen LogP contribution < -0.4 is 16.0 Å². The van der Waals surface area contributed by atoms with Crippen LogP contribution in [0.1, 0.15) is 64.5 Å². The average Bonchev–Trinajstić information content (AvgIpc) is 3.39. The van der Waals surface area contributed by atoms with E-state index < -0.39 is 17.7 Å². The summed E-state index contributed by atoms with van der Waals surface area (Å²) >= 11 is 0. The first-order chi connectivity index (χ1) is 19.6. The summed E-state index contributed by atoms with van der Waals surface area (Å²) in [6.45, 7) is 8.92. The molecule has 218 valence electrons. The topological polar surface area (TPSA) is 141 Å². The third kappa shape index (κ3) is 9.66.